The van der Waals surface area contributed by atoms with Crippen LogP contribution in [0.3, 0.4) is 0 Å². The minimum absolute atomic E-state index is 0.117. The van der Waals surface area contributed by atoms with Crippen molar-refractivity contribution in [1.29, 1.82) is 5.41 Å². The van der Waals surface area contributed by atoms with Gasteiger partial charge in [-0.25, -0.2) is 4.99 Å². The number of nitrogens with two attached hydrogens (primary N) is 1. The molecule has 0 aliphatic rings. The van der Waals surface area contributed by atoms with E-state index in [0.717, 1.165) is 64.9 Å². The Morgan fingerprint density at radius 3 is 1.92 bits per heavy atom. The van der Waals surface area contributed by atoms with Crippen molar-refractivity contribution in [2.75, 3.05) is 0 Å². The van der Waals surface area contributed by atoms with Crippen LogP contribution in [0.4, 0.5) is 0 Å². The number of hydrogen-bond acceptors (Lipinski definition) is 2. The molecule has 0 radical (unpaired) electrons. The van der Waals surface area contributed by atoms with Crippen molar-refractivity contribution in [3.63, 3.8) is 0 Å². The van der Waals surface area contributed by atoms with Gasteiger partial charge in [-0.15, -0.1) is 11.3 Å². The Bertz CT molecular complexity index is 3380. The molecule has 11 aromatic rings. The first-order chi connectivity index (χ1) is 26.1. The fourth-order valence-electron chi connectivity index (χ4n) is 8.26. The quantitative estimate of drug-likeness (QED) is 0.140. The first kappa shape index (κ1) is 29.9. The van der Waals surface area contributed by atoms with E-state index >= 15 is 0 Å². The first-order valence-electron chi connectivity index (χ1n) is 17.7. The molecule has 2 heterocycles. The van der Waals surface area contributed by atoms with Crippen molar-refractivity contribution in [2.45, 2.75) is 0 Å². The molecule has 53 heavy (non-hydrogen) atoms. The smallest absolute Gasteiger partial charge is 0.156 e. The second-order valence-corrected chi connectivity index (χ2v) is 14.9. The summed E-state index contributed by atoms with van der Waals surface area (Å²) in [5.41, 5.74) is 11.4. The zero-order chi connectivity index (χ0) is 35.2. The summed E-state index contributed by atoms with van der Waals surface area (Å²) >= 11 is 1.76. The Kier molecular flexibility index (Phi) is 6.39. The van der Waals surface area contributed by atoms with Crippen molar-refractivity contribution < 1.29 is 0 Å². The van der Waals surface area contributed by atoms with E-state index < -0.39 is 0 Å². The zero-order valence-electron chi connectivity index (χ0n) is 28.5. The Balaban J connectivity index is 1.26. The van der Waals surface area contributed by atoms with Gasteiger partial charge in [0.15, 0.2) is 5.84 Å². The van der Waals surface area contributed by atoms with Crippen molar-refractivity contribution in [3.05, 3.63) is 175 Å². The Labute approximate surface area is 308 Å². The largest absolute Gasteiger partial charge is 0.383 e. The maximum atomic E-state index is 9.69. The summed E-state index contributed by atoms with van der Waals surface area (Å²) in [4.78, 5) is 4.85. The van der Waals surface area contributed by atoms with Gasteiger partial charge in [0.1, 0.15) is 5.84 Å². The van der Waals surface area contributed by atoms with Gasteiger partial charge in [0.05, 0.1) is 16.7 Å². The summed E-state index contributed by atoms with van der Waals surface area (Å²) in [5.74, 6) is 0.429. The Hall–Kier alpha value is -6.82. The lowest BCUT2D eigenvalue weighted by atomic mass is 10.0. The van der Waals surface area contributed by atoms with Gasteiger partial charge in [0.25, 0.3) is 0 Å². The van der Waals surface area contributed by atoms with Crippen LogP contribution in [-0.2, 0) is 0 Å². The van der Waals surface area contributed by atoms with Crippen molar-refractivity contribution in [2.24, 2.45) is 10.7 Å². The molecule has 0 spiro atoms. The van der Waals surface area contributed by atoms with E-state index in [9.17, 15) is 5.41 Å². The number of benzene rings is 9. The van der Waals surface area contributed by atoms with Crippen LogP contribution in [-0.4, -0.2) is 16.2 Å². The second kappa shape index (κ2) is 11.3. The first-order valence-corrected chi connectivity index (χ1v) is 18.6. The molecule has 0 saturated heterocycles. The van der Waals surface area contributed by atoms with Crippen LogP contribution >= 0.6 is 11.3 Å². The lowest BCUT2D eigenvalue weighted by Gasteiger charge is -2.16. The molecule has 248 valence electrons. The molecule has 0 fully saturated rings. The second-order valence-electron chi connectivity index (χ2n) is 13.8. The number of amidine groups is 2. The highest BCUT2D eigenvalue weighted by Crippen LogP contribution is 2.44. The molecular formula is C48H30N4S. The van der Waals surface area contributed by atoms with Crippen LogP contribution in [0.2, 0.25) is 0 Å². The van der Waals surface area contributed by atoms with Crippen LogP contribution in [0.1, 0.15) is 11.1 Å². The Morgan fingerprint density at radius 2 is 1.13 bits per heavy atom. The minimum Gasteiger partial charge on any atom is -0.383 e. The normalized spacial score (nSPS) is 12.4. The van der Waals surface area contributed by atoms with Crippen LogP contribution in [0, 0.1) is 5.41 Å². The highest BCUT2D eigenvalue weighted by Gasteiger charge is 2.22. The fraction of sp³-hybridized carbons (Fsp3) is 0. The summed E-state index contributed by atoms with van der Waals surface area (Å²) in [6.07, 6.45) is 0. The summed E-state index contributed by atoms with van der Waals surface area (Å²) in [6, 6.07) is 58.0. The van der Waals surface area contributed by atoms with Gasteiger partial charge in [0.2, 0.25) is 0 Å². The molecular weight excluding hydrogens is 665 g/mol. The third kappa shape index (κ3) is 4.54. The predicted molar refractivity (Wildman–Crippen MR) is 228 cm³/mol. The van der Waals surface area contributed by atoms with Crippen molar-refractivity contribution in [1.82, 2.24) is 4.57 Å². The van der Waals surface area contributed by atoms with Crippen LogP contribution in [0.15, 0.2) is 169 Å². The average molecular weight is 695 g/mol. The van der Waals surface area contributed by atoms with Crippen LogP contribution < -0.4 is 5.73 Å². The van der Waals surface area contributed by atoms with Crippen molar-refractivity contribution in [3.8, 4) is 5.69 Å². The molecule has 9 aromatic carbocycles. The predicted octanol–water partition coefficient (Wildman–Crippen LogP) is 12.5. The maximum Gasteiger partial charge on any atom is 0.156 e. The molecule has 3 N–H and O–H groups in total. The summed E-state index contributed by atoms with van der Waals surface area (Å²) in [7, 11) is 0. The van der Waals surface area contributed by atoms with E-state index in [1.165, 1.54) is 37.0 Å². The molecule has 0 unspecified atom stereocenters. The number of nitrogens with zero attached hydrogens (tertiary/aromatic N) is 2. The zero-order valence-corrected chi connectivity index (χ0v) is 29.3. The maximum absolute atomic E-state index is 9.69. The third-order valence-corrected chi connectivity index (χ3v) is 11.9. The number of thiophene rings is 1. The van der Waals surface area contributed by atoms with Gasteiger partial charge < -0.3 is 10.3 Å². The van der Waals surface area contributed by atoms with Crippen molar-refractivity contribution >= 4 is 108 Å². The number of aliphatic imine (C=N–C) groups is 1. The molecule has 0 saturated carbocycles. The number of fused-ring (bicyclic) bond motifs is 12. The van der Waals surface area contributed by atoms with Crippen LogP contribution in [0.25, 0.3) is 90.8 Å². The van der Waals surface area contributed by atoms with Gasteiger partial charge in [-0.2, -0.15) is 0 Å². The average Bonchev–Trinajstić information content (AvgIpc) is 3.74. The lowest BCUT2D eigenvalue weighted by Crippen LogP contribution is -2.16. The molecule has 0 atom stereocenters. The minimum atomic E-state index is 0.117. The number of hydrogen-bond donors (Lipinski definition) is 2. The number of rotatable bonds is 3. The van der Waals surface area contributed by atoms with Gasteiger partial charge in [-0.3, -0.25) is 5.41 Å². The van der Waals surface area contributed by atoms with Gasteiger partial charge in [-0.05, 0) is 74.1 Å². The van der Waals surface area contributed by atoms with E-state index in [-0.39, 0.29) is 5.84 Å². The Morgan fingerprint density at radius 1 is 0.509 bits per heavy atom. The SMILES string of the molecule is N=C(/N=C(\N)c1ccc2ccccc2c1)c1cc2sc3ccc4ccccc4c3c2cc1-n1c2cc3ccccc3cc2c2ccc3ccccc3c21. The highest BCUT2D eigenvalue weighted by atomic mass is 32.1. The van der Waals surface area contributed by atoms with E-state index in [2.05, 4.69) is 144 Å². The number of aromatic nitrogens is 1. The molecule has 2 aromatic heterocycles. The molecule has 0 aliphatic heterocycles. The molecule has 11 rings (SSSR count). The summed E-state index contributed by atoms with van der Waals surface area (Å²) in [6.45, 7) is 0. The molecule has 4 nitrogen and oxygen atoms in total. The van der Waals surface area contributed by atoms with Gasteiger partial charge >= 0.3 is 0 Å². The molecule has 0 bridgehead atoms. The molecule has 5 heteroatoms. The van der Waals surface area contributed by atoms with E-state index in [0.29, 0.717) is 5.84 Å². The van der Waals surface area contributed by atoms with Gasteiger partial charge in [0, 0.05) is 47.5 Å². The van der Waals surface area contributed by atoms with Crippen LogP contribution in [0.5, 0.6) is 0 Å². The van der Waals surface area contributed by atoms with Gasteiger partial charge in [-0.1, -0.05) is 127 Å². The van der Waals surface area contributed by atoms with E-state index in [4.69, 9.17) is 10.7 Å². The highest BCUT2D eigenvalue weighted by molar-refractivity contribution is 7.26. The molecule has 0 aliphatic carbocycles. The third-order valence-electron chi connectivity index (χ3n) is 10.8. The summed E-state index contributed by atoms with van der Waals surface area (Å²) in [5, 5.41) is 23.7. The lowest BCUT2D eigenvalue weighted by molar-refractivity contribution is 1.18. The van der Waals surface area contributed by atoms with E-state index in [1.54, 1.807) is 11.3 Å². The van der Waals surface area contributed by atoms with E-state index in [1.807, 2.05) is 24.3 Å². The monoisotopic (exact) mass is 694 g/mol. The topological polar surface area (TPSA) is 67.2 Å². The molecule has 0 amide bonds. The standard InChI is InChI=1S/C48H30N4S/c49-47(34-18-17-28-9-1-2-12-31(28)23-34)51-48(50)39-27-44-40(45-35-15-7-5-10-29(35)20-22-43(45)53-44)26-42(39)52-41-25-33-14-4-3-13-32(33)24-38(41)37-21-19-30-11-6-8-16-36(30)46(37)52/h1-27H,(H3,49,50,51). The number of nitrogens with one attached hydrogen (secondary N) is 1. The summed E-state index contributed by atoms with van der Waals surface area (Å²) < 4.78 is 4.70. The fourth-order valence-corrected chi connectivity index (χ4v) is 9.41.